The maximum Gasteiger partial charge on any atom is 0.306 e. The van der Waals surface area contributed by atoms with Crippen molar-refractivity contribution in [3.8, 4) is 0 Å². The van der Waals surface area contributed by atoms with E-state index in [1.165, 1.54) is 6.20 Å². The Balaban J connectivity index is 1.86. The van der Waals surface area contributed by atoms with Crippen LogP contribution in [-0.4, -0.2) is 27.2 Å². The van der Waals surface area contributed by atoms with Crippen molar-refractivity contribution < 1.29 is 14.7 Å². The molecule has 2 N–H and O–H groups in total. The van der Waals surface area contributed by atoms with Gasteiger partial charge in [-0.15, -0.1) is 5.10 Å². The van der Waals surface area contributed by atoms with E-state index >= 15 is 0 Å². The zero-order valence-electron chi connectivity index (χ0n) is 9.87. The second-order valence-corrected chi connectivity index (χ2v) is 4.48. The summed E-state index contributed by atoms with van der Waals surface area (Å²) < 4.78 is 0. The van der Waals surface area contributed by atoms with Crippen molar-refractivity contribution in [3.63, 3.8) is 0 Å². The molecule has 0 unspecified atom stereocenters. The molecule has 0 aromatic carbocycles. The maximum absolute atomic E-state index is 11.9. The summed E-state index contributed by atoms with van der Waals surface area (Å²) >= 11 is 0. The Bertz CT molecular complexity index is 427. The quantitative estimate of drug-likeness (QED) is 0.842. The minimum Gasteiger partial charge on any atom is -0.481 e. The average molecular weight is 249 g/mol. The van der Waals surface area contributed by atoms with Crippen molar-refractivity contribution in [2.45, 2.75) is 25.7 Å². The highest BCUT2D eigenvalue weighted by molar-refractivity contribution is 5.91. The van der Waals surface area contributed by atoms with E-state index in [-0.39, 0.29) is 17.7 Å². The van der Waals surface area contributed by atoms with E-state index in [9.17, 15) is 9.59 Å². The number of carboxylic acid groups (broad SMARTS) is 1. The van der Waals surface area contributed by atoms with E-state index < -0.39 is 5.97 Å². The van der Waals surface area contributed by atoms with Gasteiger partial charge in [0.15, 0.2) is 5.82 Å². The fourth-order valence-corrected chi connectivity index (χ4v) is 2.20. The van der Waals surface area contributed by atoms with Crippen molar-refractivity contribution in [1.82, 2.24) is 10.2 Å². The average Bonchev–Trinajstić information content (AvgIpc) is 2.40. The van der Waals surface area contributed by atoms with Crippen LogP contribution in [0.5, 0.6) is 0 Å². The lowest BCUT2D eigenvalue weighted by Crippen LogP contribution is -2.29. The molecule has 2 rings (SSSR count). The van der Waals surface area contributed by atoms with Gasteiger partial charge in [0.05, 0.1) is 5.92 Å². The molecule has 0 aliphatic heterocycles. The van der Waals surface area contributed by atoms with Crippen LogP contribution in [-0.2, 0) is 9.59 Å². The molecule has 1 aliphatic rings. The van der Waals surface area contributed by atoms with Crippen LogP contribution in [0.4, 0.5) is 5.82 Å². The number of carbonyl (C=O) groups excluding carboxylic acids is 1. The molecule has 0 atom stereocenters. The van der Waals surface area contributed by atoms with Crippen molar-refractivity contribution in [2.24, 2.45) is 11.8 Å². The molecule has 0 bridgehead atoms. The summed E-state index contributed by atoms with van der Waals surface area (Å²) in [7, 11) is 0. The lowest BCUT2D eigenvalue weighted by Gasteiger charge is -2.24. The number of aromatic nitrogens is 2. The van der Waals surface area contributed by atoms with E-state index in [1.807, 2.05) is 0 Å². The number of anilines is 1. The number of aliphatic carboxylic acids is 1. The third kappa shape index (κ3) is 3.03. The van der Waals surface area contributed by atoms with Gasteiger partial charge in [0.2, 0.25) is 5.91 Å². The van der Waals surface area contributed by atoms with E-state index in [4.69, 9.17) is 5.11 Å². The SMILES string of the molecule is O=C(O)C1CCC(C(=O)Nc2cccnn2)CC1. The molecule has 6 nitrogen and oxygen atoms in total. The normalized spacial score (nSPS) is 23.3. The number of carbonyl (C=O) groups is 2. The Kier molecular flexibility index (Phi) is 3.86. The predicted molar refractivity (Wildman–Crippen MR) is 63.7 cm³/mol. The molecule has 1 saturated carbocycles. The van der Waals surface area contributed by atoms with Crippen molar-refractivity contribution in [2.75, 3.05) is 5.32 Å². The maximum atomic E-state index is 11.9. The van der Waals surface area contributed by atoms with Gasteiger partial charge in [0, 0.05) is 12.1 Å². The number of nitrogens with one attached hydrogen (secondary N) is 1. The van der Waals surface area contributed by atoms with Gasteiger partial charge in [0.1, 0.15) is 0 Å². The molecule has 0 radical (unpaired) electrons. The fraction of sp³-hybridized carbons (Fsp3) is 0.500. The summed E-state index contributed by atoms with van der Waals surface area (Å²) in [4.78, 5) is 22.7. The van der Waals surface area contributed by atoms with Gasteiger partial charge in [-0.2, -0.15) is 5.10 Å². The lowest BCUT2D eigenvalue weighted by molar-refractivity contribution is -0.143. The first-order chi connectivity index (χ1) is 8.66. The van der Waals surface area contributed by atoms with Gasteiger partial charge in [-0.3, -0.25) is 9.59 Å². The fourth-order valence-electron chi connectivity index (χ4n) is 2.20. The van der Waals surface area contributed by atoms with E-state index in [2.05, 4.69) is 15.5 Å². The van der Waals surface area contributed by atoms with E-state index in [1.54, 1.807) is 12.1 Å². The Hall–Kier alpha value is -1.98. The molecule has 1 heterocycles. The Labute approximate surface area is 104 Å². The first-order valence-electron chi connectivity index (χ1n) is 5.98. The molecular formula is C12H15N3O3. The highest BCUT2D eigenvalue weighted by Gasteiger charge is 2.29. The van der Waals surface area contributed by atoms with E-state index in [0.29, 0.717) is 31.5 Å². The number of hydrogen-bond donors (Lipinski definition) is 2. The van der Waals surface area contributed by atoms with Gasteiger partial charge in [-0.25, -0.2) is 0 Å². The first-order valence-corrected chi connectivity index (χ1v) is 5.98. The van der Waals surface area contributed by atoms with Crippen LogP contribution in [0.25, 0.3) is 0 Å². The molecule has 1 fully saturated rings. The highest BCUT2D eigenvalue weighted by Crippen LogP contribution is 2.29. The van der Waals surface area contributed by atoms with Crippen LogP contribution in [0.15, 0.2) is 18.3 Å². The van der Waals surface area contributed by atoms with Crippen LogP contribution in [0, 0.1) is 11.8 Å². The van der Waals surface area contributed by atoms with Crippen molar-refractivity contribution >= 4 is 17.7 Å². The molecule has 0 saturated heterocycles. The van der Waals surface area contributed by atoms with Gasteiger partial charge in [0.25, 0.3) is 0 Å². The highest BCUT2D eigenvalue weighted by atomic mass is 16.4. The second-order valence-electron chi connectivity index (χ2n) is 4.48. The third-order valence-electron chi connectivity index (χ3n) is 3.27. The largest absolute Gasteiger partial charge is 0.481 e. The smallest absolute Gasteiger partial charge is 0.306 e. The zero-order valence-corrected chi connectivity index (χ0v) is 9.87. The van der Waals surface area contributed by atoms with Crippen LogP contribution >= 0.6 is 0 Å². The molecule has 1 aromatic heterocycles. The molecule has 1 amide bonds. The van der Waals surface area contributed by atoms with Crippen molar-refractivity contribution in [1.29, 1.82) is 0 Å². The van der Waals surface area contributed by atoms with Crippen molar-refractivity contribution in [3.05, 3.63) is 18.3 Å². The first kappa shape index (κ1) is 12.5. The summed E-state index contributed by atoms with van der Waals surface area (Å²) in [6, 6.07) is 3.37. The van der Waals surface area contributed by atoms with Crippen LogP contribution < -0.4 is 5.32 Å². The molecule has 18 heavy (non-hydrogen) atoms. The number of amides is 1. The standard InChI is InChI=1S/C12H15N3O3/c16-11(14-10-2-1-7-13-15-10)8-3-5-9(6-4-8)12(17)18/h1-2,7-9H,3-6H2,(H,17,18)(H,14,15,16). The Morgan fingerprint density at radius 2 is 1.89 bits per heavy atom. The van der Waals surface area contributed by atoms with Gasteiger partial charge in [-0.05, 0) is 37.8 Å². The van der Waals surface area contributed by atoms with Gasteiger partial charge >= 0.3 is 5.97 Å². The topological polar surface area (TPSA) is 92.2 Å². The monoisotopic (exact) mass is 249 g/mol. The number of carboxylic acids is 1. The Morgan fingerprint density at radius 3 is 2.44 bits per heavy atom. The summed E-state index contributed by atoms with van der Waals surface area (Å²) in [5.41, 5.74) is 0. The lowest BCUT2D eigenvalue weighted by atomic mass is 9.81. The molecule has 96 valence electrons. The summed E-state index contributed by atoms with van der Waals surface area (Å²) in [5.74, 6) is -0.849. The van der Waals surface area contributed by atoms with Crippen LogP contribution in [0.1, 0.15) is 25.7 Å². The number of hydrogen-bond acceptors (Lipinski definition) is 4. The third-order valence-corrected chi connectivity index (χ3v) is 3.27. The predicted octanol–water partition coefficient (Wildman–Crippen LogP) is 1.31. The molecule has 1 aromatic rings. The summed E-state index contributed by atoms with van der Waals surface area (Å²) in [6.07, 6.45) is 3.89. The summed E-state index contributed by atoms with van der Waals surface area (Å²) in [6.45, 7) is 0. The van der Waals surface area contributed by atoms with Gasteiger partial charge < -0.3 is 10.4 Å². The Morgan fingerprint density at radius 1 is 1.22 bits per heavy atom. The summed E-state index contributed by atoms with van der Waals surface area (Å²) in [5, 5.41) is 19.0. The second kappa shape index (κ2) is 5.57. The van der Waals surface area contributed by atoms with E-state index in [0.717, 1.165) is 0 Å². The van der Waals surface area contributed by atoms with Crippen LogP contribution in [0.3, 0.4) is 0 Å². The molecular weight excluding hydrogens is 234 g/mol. The molecule has 0 spiro atoms. The molecule has 6 heteroatoms. The minimum atomic E-state index is -0.761. The molecule has 1 aliphatic carbocycles. The number of nitrogens with zero attached hydrogens (tertiary/aromatic N) is 2. The van der Waals surface area contributed by atoms with Crippen LogP contribution in [0.2, 0.25) is 0 Å². The minimum absolute atomic E-state index is 0.0978. The zero-order chi connectivity index (χ0) is 13.0. The number of rotatable bonds is 3. The van der Waals surface area contributed by atoms with Gasteiger partial charge in [-0.1, -0.05) is 0 Å².